The minimum absolute atomic E-state index is 0.00112. The van der Waals surface area contributed by atoms with Gasteiger partial charge in [-0.3, -0.25) is 4.79 Å². The van der Waals surface area contributed by atoms with Gasteiger partial charge < -0.3 is 24.3 Å². The molecular weight excluding hydrogens is 286 g/mol. The zero-order chi connectivity index (χ0) is 15.9. The van der Waals surface area contributed by atoms with Crippen molar-refractivity contribution in [2.45, 2.75) is 0 Å². The highest BCUT2D eigenvalue weighted by Gasteiger charge is 2.16. The van der Waals surface area contributed by atoms with E-state index in [9.17, 15) is 9.90 Å². The average Bonchev–Trinajstić information content (AvgIpc) is 2.52. The Balaban J connectivity index is 2.55. The molecule has 0 aliphatic rings. The second-order valence-corrected chi connectivity index (χ2v) is 4.75. The lowest BCUT2D eigenvalue weighted by Gasteiger charge is -2.12. The Labute approximate surface area is 125 Å². The van der Waals surface area contributed by atoms with E-state index in [1.807, 2.05) is 0 Å². The second kappa shape index (κ2) is 5.14. The summed E-state index contributed by atoms with van der Waals surface area (Å²) in [5, 5.41) is 10.6. The Morgan fingerprint density at radius 1 is 1.00 bits per heavy atom. The average molecular weight is 301 g/mol. The highest BCUT2D eigenvalue weighted by molar-refractivity contribution is 5.99. The molecule has 0 saturated heterocycles. The number of pyridine rings is 1. The van der Waals surface area contributed by atoms with Gasteiger partial charge in [-0.15, -0.1) is 0 Å². The number of aromatic amines is 1. The van der Waals surface area contributed by atoms with E-state index in [0.29, 0.717) is 39.1 Å². The lowest BCUT2D eigenvalue weighted by atomic mass is 10.1. The van der Waals surface area contributed by atoms with Crippen molar-refractivity contribution < 1.29 is 19.3 Å². The summed E-state index contributed by atoms with van der Waals surface area (Å²) in [6, 6.07) is 6.22. The maximum absolute atomic E-state index is 12.8. The fourth-order valence-corrected chi connectivity index (χ4v) is 2.60. The summed E-state index contributed by atoms with van der Waals surface area (Å²) in [5.41, 5.74) is 0.759. The smallest absolute Gasteiger partial charge is 0.201 e. The highest BCUT2D eigenvalue weighted by atomic mass is 16.5. The molecule has 6 nitrogen and oxygen atoms in total. The molecule has 0 spiro atoms. The first-order chi connectivity index (χ1) is 10.6. The number of phenolic OH excluding ortho intramolecular Hbond substituents is 1. The summed E-state index contributed by atoms with van der Waals surface area (Å²) in [5.74, 6) is 1.26. The van der Waals surface area contributed by atoms with E-state index in [1.54, 1.807) is 12.1 Å². The van der Waals surface area contributed by atoms with Crippen LogP contribution in [0.3, 0.4) is 0 Å². The van der Waals surface area contributed by atoms with E-state index in [-0.39, 0.29) is 11.2 Å². The van der Waals surface area contributed by atoms with E-state index in [4.69, 9.17) is 14.2 Å². The number of nitrogens with one attached hydrogen (secondary N) is 1. The number of phenols is 1. The molecule has 0 unspecified atom stereocenters. The van der Waals surface area contributed by atoms with Gasteiger partial charge in [0.25, 0.3) is 0 Å². The van der Waals surface area contributed by atoms with Gasteiger partial charge in [0.2, 0.25) is 5.43 Å². The molecule has 3 aromatic rings. The van der Waals surface area contributed by atoms with Crippen molar-refractivity contribution in [1.29, 1.82) is 0 Å². The van der Waals surface area contributed by atoms with E-state index >= 15 is 0 Å². The molecule has 0 fully saturated rings. The van der Waals surface area contributed by atoms with Gasteiger partial charge in [0, 0.05) is 12.1 Å². The van der Waals surface area contributed by atoms with Gasteiger partial charge in [0.05, 0.1) is 43.1 Å². The van der Waals surface area contributed by atoms with Crippen LogP contribution in [0.4, 0.5) is 0 Å². The first kappa shape index (κ1) is 14.1. The fraction of sp³-hybridized carbons (Fsp3) is 0.188. The summed E-state index contributed by atoms with van der Waals surface area (Å²) in [4.78, 5) is 15.9. The molecule has 1 aromatic heterocycles. The number of benzene rings is 2. The summed E-state index contributed by atoms with van der Waals surface area (Å²) in [6.45, 7) is 0. The summed E-state index contributed by atoms with van der Waals surface area (Å²) in [6.07, 6.45) is 0. The van der Waals surface area contributed by atoms with Gasteiger partial charge >= 0.3 is 0 Å². The molecule has 2 N–H and O–H groups in total. The first-order valence-electron chi connectivity index (χ1n) is 6.58. The maximum Gasteiger partial charge on any atom is 0.201 e. The zero-order valence-corrected chi connectivity index (χ0v) is 12.4. The van der Waals surface area contributed by atoms with Crippen LogP contribution in [0, 0.1) is 0 Å². The quantitative estimate of drug-likeness (QED) is 0.726. The van der Waals surface area contributed by atoms with Crippen LogP contribution in [-0.2, 0) is 0 Å². The molecular formula is C16H15NO5. The number of hydrogen-bond donors (Lipinski definition) is 2. The van der Waals surface area contributed by atoms with Crippen LogP contribution >= 0.6 is 0 Å². The Morgan fingerprint density at radius 3 is 2.36 bits per heavy atom. The van der Waals surface area contributed by atoms with Crippen LogP contribution < -0.4 is 19.6 Å². The van der Waals surface area contributed by atoms with Crippen LogP contribution in [0.2, 0.25) is 0 Å². The molecule has 0 radical (unpaired) electrons. The standard InChI is InChI=1S/C16H15NO5/c1-20-11-5-4-9-14(16(11)22-3)17-10-6-8(18)7-12(21-2)13(10)15(9)19/h4-7,18H,1-3H3,(H,17,19). The third-order valence-corrected chi connectivity index (χ3v) is 3.58. The summed E-state index contributed by atoms with van der Waals surface area (Å²) >= 11 is 0. The van der Waals surface area contributed by atoms with Gasteiger partial charge in [-0.25, -0.2) is 0 Å². The van der Waals surface area contributed by atoms with Crippen molar-refractivity contribution in [3.05, 3.63) is 34.5 Å². The molecule has 2 aromatic carbocycles. The van der Waals surface area contributed by atoms with Gasteiger partial charge in [-0.05, 0) is 12.1 Å². The number of rotatable bonds is 3. The van der Waals surface area contributed by atoms with Crippen molar-refractivity contribution >= 4 is 21.8 Å². The number of H-pyrrole nitrogens is 1. The van der Waals surface area contributed by atoms with Crippen molar-refractivity contribution in [3.8, 4) is 23.0 Å². The molecule has 0 atom stereocenters. The van der Waals surface area contributed by atoms with Crippen LogP contribution in [-0.4, -0.2) is 31.4 Å². The lowest BCUT2D eigenvalue weighted by molar-refractivity contribution is 0.358. The van der Waals surface area contributed by atoms with E-state index < -0.39 is 0 Å². The second-order valence-electron chi connectivity index (χ2n) is 4.75. The van der Waals surface area contributed by atoms with E-state index in [1.165, 1.54) is 33.5 Å². The number of ether oxygens (including phenoxy) is 3. The van der Waals surface area contributed by atoms with Crippen molar-refractivity contribution in [2.24, 2.45) is 0 Å². The van der Waals surface area contributed by atoms with Gasteiger partial charge in [0.1, 0.15) is 11.5 Å². The minimum atomic E-state index is -0.207. The Kier molecular flexibility index (Phi) is 3.29. The monoisotopic (exact) mass is 301 g/mol. The summed E-state index contributed by atoms with van der Waals surface area (Å²) in [7, 11) is 4.48. The molecule has 0 bridgehead atoms. The molecule has 0 aliphatic heterocycles. The predicted octanol–water partition coefficient (Wildman–Crippen LogP) is 2.41. The number of aromatic nitrogens is 1. The van der Waals surface area contributed by atoms with Gasteiger partial charge in [0.15, 0.2) is 11.5 Å². The van der Waals surface area contributed by atoms with Crippen molar-refractivity contribution in [1.82, 2.24) is 4.98 Å². The van der Waals surface area contributed by atoms with E-state index in [2.05, 4.69) is 4.98 Å². The van der Waals surface area contributed by atoms with Gasteiger partial charge in [-0.2, -0.15) is 0 Å². The van der Waals surface area contributed by atoms with Crippen LogP contribution in [0.1, 0.15) is 0 Å². The van der Waals surface area contributed by atoms with Crippen LogP contribution in [0.15, 0.2) is 29.1 Å². The topological polar surface area (TPSA) is 80.8 Å². The molecule has 0 saturated carbocycles. The Bertz CT molecular complexity index is 929. The molecule has 3 rings (SSSR count). The van der Waals surface area contributed by atoms with Crippen molar-refractivity contribution in [3.63, 3.8) is 0 Å². The molecule has 6 heteroatoms. The molecule has 0 aliphatic carbocycles. The zero-order valence-electron chi connectivity index (χ0n) is 12.4. The number of hydrogen-bond acceptors (Lipinski definition) is 5. The normalized spacial score (nSPS) is 10.9. The lowest BCUT2D eigenvalue weighted by Crippen LogP contribution is -2.07. The fourth-order valence-electron chi connectivity index (χ4n) is 2.60. The van der Waals surface area contributed by atoms with Crippen LogP contribution in [0.5, 0.6) is 23.0 Å². The molecule has 1 heterocycles. The molecule has 0 amide bonds. The third kappa shape index (κ3) is 1.92. The van der Waals surface area contributed by atoms with Crippen molar-refractivity contribution in [2.75, 3.05) is 21.3 Å². The molecule has 22 heavy (non-hydrogen) atoms. The highest BCUT2D eigenvalue weighted by Crippen LogP contribution is 2.35. The number of methoxy groups -OCH3 is 3. The predicted molar refractivity (Wildman–Crippen MR) is 83.4 cm³/mol. The third-order valence-electron chi connectivity index (χ3n) is 3.58. The summed E-state index contributed by atoms with van der Waals surface area (Å²) < 4.78 is 15.8. The SMILES string of the molecule is COc1ccc2c(=O)c3c(OC)cc(O)cc3[nH]c2c1OC. The first-order valence-corrected chi connectivity index (χ1v) is 6.58. The van der Waals surface area contributed by atoms with E-state index in [0.717, 1.165) is 0 Å². The minimum Gasteiger partial charge on any atom is -0.508 e. The number of fused-ring (bicyclic) bond motifs is 2. The Morgan fingerprint density at radius 2 is 1.73 bits per heavy atom. The Hall–Kier alpha value is -2.89. The van der Waals surface area contributed by atoms with Gasteiger partial charge in [-0.1, -0.05) is 0 Å². The van der Waals surface area contributed by atoms with Crippen LogP contribution in [0.25, 0.3) is 21.8 Å². The number of aromatic hydroxyl groups is 1. The maximum atomic E-state index is 12.8. The largest absolute Gasteiger partial charge is 0.508 e. The molecule has 114 valence electrons.